The molecule has 106 valence electrons. The average molecular weight is 287 g/mol. The lowest BCUT2D eigenvalue weighted by molar-refractivity contribution is 0.0697. The van der Waals surface area contributed by atoms with Crippen LogP contribution < -0.4 is 10.6 Å². The van der Waals surface area contributed by atoms with Crippen LogP contribution in [0, 0.1) is 0 Å². The van der Waals surface area contributed by atoms with Gasteiger partial charge in [-0.2, -0.15) is 0 Å². The predicted molar refractivity (Wildman–Crippen MR) is 77.2 cm³/mol. The smallest absolute Gasteiger partial charge is 0.337 e. The van der Waals surface area contributed by atoms with Crippen molar-refractivity contribution >= 4 is 28.9 Å². The number of benzene rings is 1. The highest BCUT2D eigenvalue weighted by molar-refractivity contribution is 6.34. The van der Waals surface area contributed by atoms with E-state index in [0.29, 0.717) is 29.5 Å². The lowest BCUT2D eigenvalue weighted by atomic mass is 10.1. The van der Waals surface area contributed by atoms with Gasteiger partial charge in [-0.3, -0.25) is 0 Å². The Kier molecular flexibility index (Phi) is 5.44. The van der Waals surface area contributed by atoms with Crippen LogP contribution in [0.15, 0.2) is 12.1 Å². The third-order valence-electron chi connectivity index (χ3n) is 2.88. The first-order valence-corrected chi connectivity index (χ1v) is 6.38. The molecular formula is C13H19ClN2O3. The van der Waals surface area contributed by atoms with Gasteiger partial charge in [-0.1, -0.05) is 11.6 Å². The van der Waals surface area contributed by atoms with E-state index >= 15 is 0 Å². The van der Waals surface area contributed by atoms with Gasteiger partial charge in [0, 0.05) is 25.4 Å². The molecular weight excluding hydrogens is 268 g/mol. The van der Waals surface area contributed by atoms with Crippen LogP contribution in [-0.2, 0) is 4.74 Å². The number of nitrogens with zero attached hydrogens (tertiary/aromatic N) is 1. The quantitative estimate of drug-likeness (QED) is 0.786. The highest BCUT2D eigenvalue weighted by Crippen LogP contribution is 2.33. The Balaban J connectivity index is 3.33. The number of anilines is 2. The highest BCUT2D eigenvalue weighted by Gasteiger charge is 2.23. The summed E-state index contributed by atoms with van der Waals surface area (Å²) in [5.74, 6) is -1.05. The molecule has 0 aliphatic carbocycles. The van der Waals surface area contributed by atoms with E-state index in [1.165, 1.54) is 6.07 Å². The number of likely N-dealkylation sites (N-methyl/N-ethyl adjacent to an activating group) is 1. The van der Waals surface area contributed by atoms with Crippen LogP contribution in [0.25, 0.3) is 0 Å². The van der Waals surface area contributed by atoms with Crippen molar-refractivity contribution in [2.45, 2.75) is 19.9 Å². The predicted octanol–water partition coefficient (Wildman–Crippen LogP) is 2.48. The van der Waals surface area contributed by atoms with Gasteiger partial charge in [-0.25, -0.2) is 4.79 Å². The van der Waals surface area contributed by atoms with E-state index < -0.39 is 5.97 Å². The number of carboxylic acids is 1. The zero-order valence-electron chi connectivity index (χ0n) is 11.3. The SMILES string of the molecule is CCN(c1c(Cl)cc(N)cc1C(=O)O)C(C)COC. The van der Waals surface area contributed by atoms with Crippen LogP contribution in [0.5, 0.6) is 0 Å². The summed E-state index contributed by atoms with van der Waals surface area (Å²) in [5, 5.41) is 9.63. The van der Waals surface area contributed by atoms with Gasteiger partial charge >= 0.3 is 5.97 Å². The second kappa shape index (κ2) is 6.63. The standard InChI is InChI=1S/C13H19ClN2O3/c1-4-16(8(2)7-19-3)12-10(13(17)18)5-9(15)6-11(12)14/h5-6,8H,4,7,15H2,1-3H3,(H,17,18). The number of carboxylic acid groups (broad SMARTS) is 1. The summed E-state index contributed by atoms with van der Waals surface area (Å²) in [6.07, 6.45) is 0. The molecule has 0 bridgehead atoms. The number of carbonyl (C=O) groups is 1. The van der Waals surface area contributed by atoms with E-state index in [1.807, 2.05) is 18.7 Å². The molecule has 0 saturated heterocycles. The first-order chi connectivity index (χ1) is 8.92. The molecule has 1 atom stereocenters. The van der Waals surface area contributed by atoms with E-state index in [1.54, 1.807) is 13.2 Å². The largest absolute Gasteiger partial charge is 0.478 e. The zero-order chi connectivity index (χ0) is 14.6. The fourth-order valence-corrected chi connectivity index (χ4v) is 2.43. The monoisotopic (exact) mass is 286 g/mol. The third-order valence-corrected chi connectivity index (χ3v) is 3.17. The number of aromatic carboxylic acids is 1. The Morgan fingerprint density at radius 1 is 1.58 bits per heavy atom. The van der Waals surface area contributed by atoms with Crippen molar-refractivity contribution in [2.24, 2.45) is 0 Å². The maximum atomic E-state index is 11.4. The molecule has 1 aromatic carbocycles. The van der Waals surface area contributed by atoms with E-state index in [-0.39, 0.29) is 11.6 Å². The summed E-state index contributed by atoms with van der Waals surface area (Å²) < 4.78 is 5.11. The number of methoxy groups -OCH3 is 1. The minimum Gasteiger partial charge on any atom is -0.478 e. The molecule has 0 aromatic heterocycles. The van der Waals surface area contributed by atoms with Crippen molar-refractivity contribution in [3.8, 4) is 0 Å². The Labute approximate surface area is 117 Å². The molecule has 1 rings (SSSR count). The highest BCUT2D eigenvalue weighted by atomic mass is 35.5. The van der Waals surface area contributed by atoms with Crippen LogP contribution >= 0.6 is 11.6 Å². The summed E-state index contributed by atoms with van der Waals surface area (Å²) in [7, 11) is 1.60. The number of nitrogen functional groups attached to an aromatic ring is 1. The average Bonchev–Trinajstić information content (AvgIpc) is 2.32. The molecule has 0 amide bonds. The number of hydrogen-bond donors (Lipinski definition) is 2. The second-order valence-electron chi connectivity index (χ2n) is 4.29. The van der Waals surface area contributed by atoms with Crippen LogP contribution in [0.3, 0.4) is 0 Å². The fraction of sp³-hybridized carbons (Fsp3) is 0.462. The molecule has 5 nitrogen and oxygen atoms in total. The zero-order valence-corrected chi connectivity index (χ0v) is 12.1. The van der Waals surface area contributed by atoms with Crippen molar-refractivity contribution in [1.82, 2.24) is 0 Å². The molecule has 3 N–H and O–H groups in total. The molecule has 1 aromatic rings. The van der Waals surface area contributed by atoms with E-state index in [2.05, 4.69) is 0 Å². The van der Waals surface area contributed by atoms with E-state index in [9.17, 15) is 9.90 Å². The molecule has 0 spiro atoms. The summed E-state index contributed by atoms with van der Waals surface area (Å²) in [5.41, 5.74) is 6.57. The fourth-order valence-electron chi connectivity index (χ4n) is 2.10. The topological polar surface area (TPSA) is 75.8 Å². The van der Waals surface area contributed by atoms with Crippen LogP contribution in [0.4, 0.5) is 11.4 Å². The Bertz CT molecular complexity index is 465. The Morgan fingerprint density at radius 2 is 2.21 bits per heavy atom. The molecule has 19 heavy (non-hydrogen) atoms. The van der Waals surface area contributed by atoms with Crippen LogP contribution in [0.1, 0.15) is 24.2 Å². The van der Waals surface area contributed by atoms with Gasteiger partial charge in [0.25, 0.3) is 0 Å². The van der Waals surface area contributed by atoms with E-state index in [0.717, 1.165) is 0 Å². The van der Waals surface area contributed by atoms with Gasteiger partial charge in [0.05, 0.1) is 22.9 Å². The molecule has 1 unspecified atom stereocenters. The molecule has 0 aliphatic heterocycles. The minimum atomic E-state index is -1.05. The number of rotatable bonds is 6. The van der Waals surface area contributed by atoms with Crippen LogP contribution in [0.2, 0.25) is 5.02 Å². The van der Waals surface area contributed by atoms with Gasteiger partial charge in [0.15, 0.2) is 0 Å². The van der Waals surface area contributed by atoms with Crippen molar-refractivity contribution in [2.75, 3.05) is 30.9 Å². The number of ether oxygens (including phenoxy) is 1. The van der Waals surface area contributed by atoms with Gasteiger partial charge in [0.1, 0.15) is 0 Å². The number of halogens is 1. The van der Waals surface area contributed by atoms with Crippen LogP contribution in [-0.4, -0.2) is 37.4 Å². The van der Waals surface area contributed by atoms with Gasteiger partial charge < -0.3 is 20.5 Å². The van der Waals surface area contributed by atoms with Gasteiger partial charge in [-0.15, -0.1) is 0 Å². The summed E-state index contributed by atoms with van der Waals surface area (Å²) in [4.78, 5) is 13.3. The molecule has 6 heteroatoms. The lowest BCUT2D eigenvalue weighted by Gasteiger charge is -2.31. The maximum absolute atomic E-state index is 11.4. The van der Waals surface area contributed by atoms with E-state index in [4.69, 9.17) is 22.1 Å². The molecule has 0 saturated carbocycles. The first kappa shape index (κ1) is 15.6. The molecule has 0 aliphatic rings. The maximum Gasteiger partial charge on any atom is 0.337 e. The number of hydrogen-bond acceptors (Lipinski definition) is 4. The minimum absolute atomic E-state index is 0.00854. The number of nitrogens with two attached hydrogens (primary N) is 1. The van der Waals surface area contributed by atoms with Crippen molar-refractivity contribution in [1.29, 1.82) is 0 Å². The van der Waals surface area contributed by atoms with Gasteiger partial charge in [0.2, 0.25) is 0 Å². The Morgan fingerprint density at radius 3 is 2.68 bits per heavy atom. The first-order valence-electron chi connectivity index (χ1n) is 6.00. The molecule has 0 heterocycles. The summed E-state index contributed by atoms with van der Waals surface area (Å²) in [6.45, 7) is 4.98. The van der Waals surface area contributed by atoms with Crippen molar-refractivity contribution < 1.29 is 14.6 Å². The van der Waals surface area contributed by atoms with Crippen molar-refractivity contribution in [3.63, 3.8) is 0 Å². The normalized spacial score (nSPS) is 12.2. The summed E-state index contributed by atoms with van der Waals surface area (Å²) in [6, 6.07) is 2.99. The molecule has 0 radical (unpaired) electrons. The summed E-state index contributed by atoms with van der Waals surface area (Å²) >= 11 is 6.17. The van der Waals surface area contributed by atoms with Gasteiger partial charge in [-0.05, 0) is 26.0 Å². The third kappa shape index (κ3) is 3.52. The van der Waals surface area contributed by atoms with Crippen molar-refractivity contribution in [3.05, 3.63) is 22.7 Å². The second-order valence-corrected chi connectivity index (χ2v) is 4.70. The lowest BCUT2D eigenvalue weighted by Crippen LogP contribution is -2.37. The molecule has 0 fully saturated rings. The Hall–Kier alpha value is -1.46.